The van der Waals surface area contributed by atoms with Crippen molar-refractivity contribution in [1.82, 2.24) is 4.90 Å². The number of nitrogens with zero attached hydrogens (tertiary/aromatic N) is 3. The predicted molar refractivity (Wildman–Crippen MR) is 107 cm³/mol. The lowest BCUT2D eigenvalue weighted by Crippen LogP contribution is -2.21. The number of rotatable bonds is 3. The Morgan fingerprint density at radius 1 is 1.04 bits per heavy atom. The Bertz CT molecular complexity index is 840. The van der Waals surface area contributed by atoms with Crippen LogP contribution in [0.15, 0.2) is 59.3 Å². The highest BCUT2D eigenvalue weighted by Gasteiger charge is 2.24. The molecule has 2 unspecified atom stereocenters. The minimum absolute atomic E-state index is 0.451. The molecule has 27 heavy (non-hydrogen) atoms. The summed E-state index contributed by atoms with van der Waals surface area (Å²) in [5.74, 6) is 0. The summed E-state index contributed by atoms with van der Waals surface area (Å²) in [6.45, 7) is 8.57. The molecule has 4 rings (SSSR count). The molecule has 0 radical (unpaired) electrons. The predicted octanol–water partition coefficient (Wildman–Crippen LogP) is 4.67. The van der Waals surface area contributed by atoms with Gasteiger partial charge in [0.25, 0.3) is 0 Å². The van der Waals surface area contributed by atoms with E-state index in [4.69, 9.17) is 4.99 Å². The van der Waals surface area contributed by atoms with Crippen molar-refractivity contribution in [2.45, 2.75) is 32.1 Å². The minimum atomic E-state index is -0.743. The summed E-state index contributed by atoms with van der Waals surface area (Å²) < 4.78 is 26.9. The lowest BCUT2D eigenvalue weighted by molar-refractivity contribution is 0.327. The smallest absolute Gasteiger partial charge is 0.119 e. The average Bonchev–Trinajstić information content (AvgIpc) is 3.27. The molecule has 2 heterocycles. The lowest BCUT2D eigenvalue weighted by Gasteiger charge is -2.22. The number of aliphatic imine (C=N–C) groups is 1. The molecule has 0 N–H and O–H groups in total. The van der Waals surface area contributed by atoms with Crippen molar-refractivity contribution in [2.75, 3.05) is 31.1 Å². The Labute approximate surface area is 159 Å². The Morgan fingerprint density at radius 3 is 2.33 bits per heavy atom. The topological polar surface area (TPSA) is 18.8 Å². The van der Waals surface area contributed by atoms with Gasteiger partial charge in [-0.2, -0.15) is 0 Å². The van der Waals surface area contributed by atoms with Gasteiger partial charge in [0.1, 0.15) is 12.3 Å². The van der Waals surface area contributed by atoms with Gasteiger partial charge >= 0.3 is 0 Å². The zero-order valence-corrected chi connectivity index (χ0v) is 15.7. The van der Waals surface area contributed by atoms with Gasteiger partial charge in [0, 0.05) is 37.6 Å². The van der Waals surface area contributed by atoms with Gasteiger partial charge in [0.05, 0.1) is 11.4 Å². The van der Waals surface area contributed by atoms with Gasteiger partial charge in [0.15, 0.2) is 0 Å². The van der Waals surface area contributed by atoms with E-state index in [0.717, 1.165) is 47.0 Å². The third-order valence-electron chi connectivity index (χ3n) is 5.48. The van der Waals surface area contributed by atoms with Crippen molar-refractivity contribution in [2.24, 2.45) is 4.99 Å². The van der Waals surface area contributed by atoms with Crippen molar-refractivity contribution >= 4 is 17.1 Å². The summed E-state index contributed by atoms with van der Waals surface area (Å²) >= 11 is 0. The van der Waals surface area contributed by atoms with Crippen LogP contribution in [-0.2, 0) is 0 Å². The van der Waals surface area contributed by atoms with E-state index >= 15 is 0 Å². The van der Waals surface area contributed by atoms with Gasteiger partial charge in [-0.25, -0.2) is 13.8 Å². The van der Waals surface area contributed by atoms with E-state index in [-0.39, 0.29) is 0 Å². The van der Waals surface area contributed by atoms with E-state index in [9.17, 15) is 8.78 Å². The zero-order valence-electron chi connectivity index (χ0n) is 15.7. The van der Waals surface area contributed by atoms with Gasteiger partial charge in [0.2, 0.25) is 0 Å². The number of likely N-dealkylation sites (tertiary alicyclic amines) is 1. The van der Waals surface area contributed by atoms with E-state index in [2.05, 4.69) is 22.4 Å². The molecule has 2 atom stereocenters. The Balaban J connectivity index is 1.50. The van der Waals surface area contributed by atoms with Gasteiger partial charge in [-0.3, -0.25) is 0 Å². The Hall–Kier alpha value is -2.43. The summed E-state index contributed by atoms with van der Waals surface area (Å²) in [4.78, 5) is 8.89. The largest absolute Gasteiger partial charge is 0.368 e. The number of hydrogen-bond acceptors (Lipinski definition) is 3. The summed E-state index contributed by atoms with van der Waals surface area (Å²) in [6, 6.07) is 6.06. The molecule has 3 aliphatic rings. The van der Waals surface area contributed by atoms with Crippen LogP contribution in [0, 0.1) is 6.92 Å². The van der Waals surface area contributed by atoms with E-state index < -0.39 is 12.3 Å². The first-order valence-electron chi connectivity index (χ1n) is 9.56. The Kier molecular flexibility index (Phi) is 4.85. The molecule has 142 valence electrons. The van der Waals surface area contributed by atoms with Crippen molar-refractivity contribution < 1.29 is 8.78 Å². The number of aryl methyl sites for hydroxylation is 1. The molecule has 5 heteroatoms. The average molecular weight is 369 g/mol. The van der Waals surface area contributed by atoms with Crippen molar-refractivity contribution in [3.63, 3.8) is 0 Å². The number of hydrogen-bond donors (Lipinski definition) is 0. The van der Waals surface area contributed by atoms with Gasteiger partial charge in [-0.1, -0.05) is 6.58 Å². The number of alkyl halides is 2. The molecule has 2 fully saturated rings. The Morgan fingerprint density at radius 2 is 1.74 bits per heavy atom. The molecule has 2 aliphatic heterocycles. The summed E-state index contributed by atoms with van der Waals surface area (Å²) in [6.07, 6.45) is 5.63. The molecule has 1 aliphatic carbocycles. The fraction of sp³-hybridized carbons (Fsp3) is 0.409. The minimum Gasteiger partial charge on any atom is -0.368 e. The highest BCUT2D eigenvalue weighted by atomic mass is 19.1. The van der Waals surface area contributed by atoms with Crippen LogP contribution in [0.2, 0.25) is 0 Å². The highest BCUT2D eigenvalue weighted by Crippen LogP contribution is 2.29. The highest BCUT2D eigenvalue weighted by molar-refractivity contribution is 6.12. The maximum atomic E-state index is 13.4. The summed E-state index contributed by atoms with van der Waals surface area (Å²) in [5.41, 5.74) is 5.64. The maximum Gasteiger partial charge on any atom is 0.119 e. The normalized spacial score (nSPS) is 27.0. The lowest BCUT2D eigenvalue weighted by atomic mass is 10.0. The molecule has 1 aromatic rings. The molecule has 3 nitrogen and oxygen atoms in total. The van der Waals surface area contributed by atoms with Crippen molar-refractivity contribution in [3.05, 3.63) is 59.8 Å². The zero-order chi connectivity index (χ0) is 19.0. The quantitative estimate of drug-likeness (QED) is 0.771. The third-order valence-corrected chi connectivity index (χ3v) is 5.48. The molecular formula is C22H25F2N3. The van der Waals surface area contributed by atoms with Crippen LogP contribution < -0.4 is 4.90 Å². The van der Waals surface area contributed by atoms with Crippen LogP contribution in [0.1, 0.15) is 18.4 Å². The third kappa shape index (κ3) is 3.82. The molecular weight excluding hydrogens is 344 g/mol. The second-order valence-electron chi connectivity index (χ2n) is 7.56. The number of allylic oxidation sites excluding steroid dienone is 4. The van der Waals surface area contributed by atoms with Crippen molar-refractivity contribution in [1.29, 1.82) is 0 Å². The number of anilines is 1. The van der Waals surface area contributed by atoms with E-state index in [1.165, 1.54) is 0 Å². The first kappa shape index (κ1) is 18.0. The van der Waals surface area contributed by atoms with Crippen LogP contribution in [0.25, 0.3) is 0 Å². The van der Waals surface area contributed by atoms with E-state index in [1.54, 1.807) is 0 Å². The fourth-order valence-electron chi connectivity index (χ4n) is 3.87. The van der Waals surface area contributed by atoms with Crippen LogP contribution in [0.4, 0.5) is 20.2 Å². The van der Waals surface area contributed by atoms with Crippen LogP contribution in [0.3, 0.4) is 0 Å². The maximum absolute atomic E-state index is 13.4. The second-order valence-corrected chi connectivity index (χ2v) is 7.56. The van der Waals surface area contributed by atoms with Crippen molar-refractivity contribution in [3.8, 4) is 0 Å². The molecule has 1 aromatic carbocycles. The molecule has 0 amide bonds. The molecule has 0 spiro atoms. The molecule has 0 saturated carbocycles. The van der Waals surface area contributed by atoms with Gasteiger partial charge < -0.3 is 9.80 Å². The number of halogens is 2. The molecule has 2 saturated heterocycles. The van der Waals surface area contributed by atoms with Crippen LogP contribution in [-0.4, -0.2) is 49.1 Å². The van der Waals surface area contributed by atoms with Gasteiger partial charge in [-0.05, 0) is 67.3 Å². The van der Waals surface area contributed by atoms with Gasteiger partial charge in [-0.15, -0.1) is 0 Å². The summed E-state index contributed by atoms with van der Waals surface area (Å²) in [7, 11) is 0. The standard InChI is InChI=1S/C22H25F2N3/c1-15-11-19(26-9-7-17(23)13-26)3-5-21(15)25-22-6-4-20(12-16(22)2)27-10-8-18(24)14-27/h3-6,11-12,17-18H,1,7-10,13-14H2,2H3. The van der Waals surface area contributed by atoms with Crippen LogP contribution >= 0.6 is 0 Å². The molecule has 0 aromatic heterocycles. The summed E-state index contributed by atoms with van der Waals surface area (Å²) in [5, 5.41) is 0. The van der Waals surface area contributed by atoms with Crippen LogP contribution in [0.5, 0.6) is 0 Å². The molecule has 0 bridgehead atoms. The fourth-order valence-corrected chi connectivity index (χ4v) is 3.87. The van der Waals surface area contributed by atoms with E-state index in [0.29, 0.717) is 25.9 Å². The first-order valence-corrected chi connectivity index (χ1v) is 9.56. The van der Waals surface area contributed by atoms with E-state index in [1.807, 2.05) is 37.3 Å². The number of benzene rings is 1. The second kappa shape index (κ2) is 7.29. The first-order chi connectivity index (χ1) is 13.0. The SMILES string of the molecule is C=C1C=C(N2CCC(F)C2)C=CC1=Nc1ccc(N2CCC(F)C2)cc1C. The monoisotopic (exact) mass is 369 g/mol.